The van der Waals surface area contributed by atoms with E-state index in [1.807, 2.05) is 23.5 Å². The molecule has 0 spiro atoms. The van der Waals surface area contributed by atoms with Crippen LogP contribution >= 0.6 is 11.3 Å². The third kappa shape index (κ3) is 4.58. The smallest absolute Gasteiger partial charge is 0.143 e. The van der Waals surface area contributed by atoms with Crippen LogP contribution in [0.15, 0.2) is 160 Å². The molecular weight excluding hydrogens is 647 g/mol. The van der Waals surface area contributed by atoms with E-state index in [9.17, 15) is 0 Å². The second kappa shape index (κ2) is 11.4. The number of fused-ring (bicyclic) bond motifs is 9. The van der Waals surface area contributed by atoms with E-state index in [4.69, 9.17) is 8.83 Å². The lowest BCUT2D eigenvalue weighted by Gasteiger charge is -2.39. The van der Waals surface area contributed by atoms with Gasteiger partial charge in [0, 0.05) is 58.4 Å². The summed E-state index contributed by atoms with van der Waals surface area (Å²) >= 11 is 1.85. The summed E-state index contributed by atoms with van der Waals surface area (Å²) < 4.78 is 15.9. The van der Waals surface area contributed by atoms with Gasteiger partial charge in [-0.05, 0) is 29.3 Å². The van der Waals surface area contributed by atoms with Gasteiger partial charge in [0.05, 0.1) is 18.5 Å². The second-order valence-electron chi connectivity index (χ2n) is 13.4. The van der Waals surface area contributed by atoms with Crippen LogP contribution in [-0.4, -0.2) is 0 Å². The van der Waals surface area contributed by atoms with Crippen LogP contribution in [-0.2, 0) is 0 Å². The molecule has 0 saturated carbocycles. The van der Waals surface area contributed by atoms with Gasteiger partial charge >= 0.3 is 0 Å². The fourth-order valence-corrected chi connectivity index (χ4v) is 9.25. The summed E-state index contributed by atoms with van der Waals surface area (Å²) in [6.07, 6.45) is -0.474. The van der Waals surface area contributed by atoms with Crippen molar-refractivity contribution in [3.8, 4) is 11.1 Å². The normalized spacial score (nSPS) is 18.2. The van der Waals surface area contributed by atoms with Gasteiger partial charge in [0.2, 0.25) is 0 Å². The minimum absolute atomic E-state index is 0.109. The Labute approximate surface area is 297 Å². The van der Waals surface area contributed by atoms with Gasteiger partial charge in [-0.1, -0.05) is 133 Å². The number of furan rings is 2. The van der Waals surface area contributed by atoms with Crippen molar-refractivity contribution in [1.29, 1.82) is 0 Å². The molecule has 3 aromatic heterocycles. The highest BCUT2D eigenvalue weighted by Crippen LogP contribution is 2.44. The molecule has 10 aromatic rings. The number of nitrogens with one attached hydrogen (secondary N) is 3. The Morgan fingerprint density at radius 3 is 1.92 bits per heavy atom. The van der Waals surface area contributed by atoms with Gasteiger partial charge in [-0.2, -0.15) is 0 Å². The molecule has 1 aliphatic rings. The topological polar surface area (TPSA) is 62.4 Å². The number of hydrogen-bond donors (Lipinski definition) is 3. The summed E-state index contributed by atoms with van der Waals surface area (Å²) in [5.41, 5.74) is 9.21. The Morgan fingerprint density at radius 1 is 0.412 bits per heavy atom. The van der Waals surface area contributed by atoms with E-state index in [-0.39, 0.29) is 18.5 Å². The van der Waals surface area contributed by atoms with Gasteiger partial charge in [0.15, 0.2) is 0 Å². The van der Waals surface area contributed by atoms with Crippen LogP contribution in [0.4, 0.5) is 0 Å². The molecule has 4 heterocycles. The van der Waals surface area contributed by atoms with E-state index in [0.29, 0.717) is 0 Å². The van der Waals surface area contributed by atoms with Crippen molar-refractivity contribution in [2.75, 3.05) is 0 Å². The van der Waals surface area contributed by atoms with Crippen molar-refractivity contribution in [3.05, 3.63) is 168 Å². The molecule has 1 aliphatic heterocycles. The van der Waals surface area contributed by atoms with E-state index in [1.54, 1.807) is 0 Å². The van der Waals surface area contributed by atoms with Crippen LogP contribution in [0.5, 0.6) is 0 Å². The van der Waals surface area contributed by atoms with Crippen LogP contribution < -0.4 is 16.0 Å². The summed E-state index contributed by atoms with van der Waals surface area (Å²) in [7, 11) is 0. The van der Waals surface area contributed by atoms with Crippen molar-refractivity contribution in [3.63, 3.8) is 0 Å². The molecule has 244 valence electrons. The third-order valence-electron chi connectivity index (χ3n) is 10.4. The highest BCUT2D eigenvalue weighted by Gasteiger charge is 2.32. The Hall–Kier alpha value is -5.76. The fourth-order valence-electron chi connectivity index (χ4n) is 8.02. The number of rotatable bonds is 4. The van der Waals surface area contributed by atoms with Crippen LogP contribution in [0.25, 0.3) is 75.2 Å². The molecule has 0 bridgehead atoms. The van der Waals surface area contributed by atoms with E-state index >= 15 is 0 Å². The maximum absolute atomic E-state index is 6.83. The lowest BCUT2D eigenvalue weighted by molar-refractivity contribution is 0.203. The first kappa shape index (κ1) is 29.0. The number of thiophene rings is 1. The van der Waals surface area contributed by atoms with Gasteiger partial charge in [-0.3, -0.25) is 16.0 Å². The van der Waals surface area contributed by atoms with Crippen molar-refractivity contribution >= 4 is 75.4 Å². The van der Waals surface area contributed by atoms with Gasteiger partial charge in [-0.15, -0.1) is 11.3 Å². The van der Waals surface area contributed by atoms with E-state index in [1.165, 1.54) is 25.7 Å². The highest BCUT2D eigenvalue weighted by atomic mass is 32.1. The Balaban J connectivity index is 1.02. The van der Waals surface area contributed by atoms with Crippen LogP contribution in [0.3, 0.4) is 0 Å². The number of benzene rings is 7. The first-order valence-electron chi connectivity index (χ1n) is 17.4. The first-order chi connectivity index (χ1) is 25.3. The molecular formula is C45H31N3O2S. The average Bonchev–Trinajstić information content (AvgIpc) is 3.89. The molecule has 11 rings (SSSR count). The maximum atomic E-state index is 6.83. The van der Waals surface area contributed by atoms with Gasteiger partial charge in [-0.25, -0.2) is 0 Å². The van der Waals surface area contributed by atoms with Crippen LogP contribution in [0, 0.1) is 0 Å². The molecule has 0 radical (unpaired) electrons. The van der Waals surface area contributed by atoms with Crippen molar-refractivity contribution in [1.82, 2.24) is 16.0 Å². The molecule has 1 fully saturated rings. The predicted octanol–water partition coefficient (Wildman–Crippen LogP) is 11.7. The average molecular weight is 678 g/mol. The SMILES string of the molecule is c1ccc(C2NC(c3ccc4c(c3)oc3c(-c5cccc6c5sc5ccccc56)cccc34)NC(c3cccc4c3oc3ccccc34)N2)cc1. The molecule has 3 N–H and O–H groups in total. The zero-order valence-corrected chi connectivity index (χ0v) is 28.2. The van der Waals surface area contributed by atoms with Crippen molar-refractivity contribution in [2.45, 2.75) is 18.5 Å². The fraction of sp³-hybridized carbons (Fsp3) is 0.0667. The molecule has 6 heteroatoms. The molecule has 7 aromatic carbocycles. The summed E-state index contributed by atoms with van der Waals surface area (Å²) in [5.74, 6) is 0. The zero-order valence-electron chi connectivity index (χ0n) is 27.4. The monoisotopic (exact) mass is 677 g/mol. The molecule has 0 amide bonds. The van der Waals surface area contributed by atoms with Gasteiger partial charge < -0.3 is 8.83 Å². The lowest BCUT2D eigenvalue weighted by atomic mass is 9.99. The minimum atomic E-state index is -0.189. The largest absolute Gasteiger partial charge is 0.456 e. The Morgan fingerprint density at radius 2 is 1.04 bits per heavy atom. The summed E-state index contributed by atoms with van der Waals surface area (Å²) in [6.45, 7) is 0. The Bertz CT molecular complexity index is 2940. The van der Waals surface area contributed by atoms with Gasteiger partial charge in [0.25, 0.3) is 0 Å². The molecule has 5 nitrogen and oxygen atoms in total. The van der Waals surface area contributed by atoms with E-state index in [0.717, 1.165) is 66.1 Å². The quantitative estimate of drug-likeness (QED) is 0.173. The highest BCUT2D eigenvalue weighted by molar-refractivity contribution is 7.26. The van der Waals surface area contributed by atoms with Crippen molar-refractivity contribution in [2.24, 2.45) is 0 Å². The van der Waals surface area contributed by atoms with Crippen molar-refractivity contribution < 1.29 is 8.83 Å². The molecule has 0 aliphatic carbocycles. The molecule has 3 atom stereocenters. The maximum Gasteiger partial charge on any atom is 0.143 e. The van der Waals surface area contributed by atoms with E-state index in [2.05, 4.69) is 155 Å². The standard InChI is InChI=1S/C45H31N3O2S/c1-2-11-26(12-3-1)43-46-44(48-45(47-43)36-20-9-16-31-28-13-4-6-21-37(28)49-41(31)36)27-23-24-29-32-15-8-17-33(40(32)50-38(29)25-27)35-19-10-18-34-30-14-5-7-22-39(30)51-42(34)35/h1-25,43-48H. The number of hydrogen-bond acceptors (Lipinski definition) is 6. The molecule has 3 unspecified atom stereocenters. The van der Waals surface area contributed by atoms with E-state index < -0.39 is 0 Å². The minimum Gasteiger partial charge on any atom is -0.456 e. The predicted molar refractivity (Wildman–Crippen MR) is 210 cm³/mol. The lowest BCUT2D eigenvalue weighted by Crippen LogP contribution is -2.54. The third-order valence-corrected chi connectivity index (χ3v) is 11.6. The molecule has 51 heavy (non-hydrogen) atoms. The zero-order chi connectivity index (χ0) is 33.5. The summed E-state index contributed by atoms with van der Waals surface area (Å²) in [5, 5.41) is 18.6. The van der Waals surface area contributed by atoms with Gasteiger partial charge in [0.1, 0.15) is 22.3 Å². The molecule has 1 saturated heterocycles. The van der Waals surface area contributed by atoms with Crippen LogP contribution in [0.2, 0.25) is 0 Å². The second-order valence-corrected chi connectivity index (χ2v) is 14.4. The first-order valence-corrected chi connectivity index (χ1v) is 18.2. The summed E-state index contributed by atoms with van der Waals surface area (Å²) in [6, 6.07) is 53.6. The van der Waals surface area contributed by atoms with Crippen LogP contribution in [0.1, 0.15) is 35.2 Å². The number of para-hydroxylation sites is 3. The summed E-state index contributed by atoms with van der Waals surface area (Å²) in [4.78, 5) is 0. The Kier molecular flexibility index (Phi) is 6.48.